The molecule has 1 aliphatic heterocycles. The Hall–Kier alpha value is -2.75. The molecule has 8 nitrogen and oxygen atoms in total. The minimum absolute atomic E-state index is 0.0922. The van der Waals surface area contributed by atoms with Gasteiger partial charge in [0.2, 0.25) is 6.29 Å². The number of carbonyl (C=O) groups is 1. The molecule has 5 N–H and O–H groups in total. The number of allylic oxidation sites excluding steroid dienone is 1. The van der Waals surface area contributed by atoms with E-state index in [2.05, 4.69) is 0 Å². The maximum Gasteiger partial charge on any atom is 0.229 e. The Bertz CT molecular complexity index is 861. The molecule has 1 saturated heterocycles. The van der Waals surface area contributed by atoms with Crippen molar-refractivity contribution >= 4 is 11.9 Å². The highest BCUT2D eigenvalue weighted by Crippen LogP contribution is 2.25. The SMILES string of the molecule is O=C(C=Cc1ccc(OC2O[C@H](CO)[C@@H](O)[C@H](O)[C@H]2O)cc1)c1ccccc1O. The summed E-state index contributed by atoms with van der Waals surface area (Å²) in [6.45, 7) is -0.542. The summed E-state index contributed by atoms with van der Waals surface area (Å²) >= 11 is 0. The molecule has 0 bridgehead atoms. The van der Waals surface area contributed by atoms with Crippen LogP contribution >= 0.6 is 0 Å². The standard InChI is InChI=1S/C21H22O8/c22-11-17-18(25)19(26)20(27)21(29-17)28-13-8-5-12(6-9-13)7-10-16(24)14-3-1-2-4-15(14)23/h1-10,17-23,25-27H,11H2/t17-,18-,19+,20-,21?/m1/s1. The Morgan fingerprint density at radius 1 is 1.00 bits per heavy atom. The van der Waals surface area contributed by atoms with Crippen LogP contribution < -0.4 is 4.74 Å². The zero-order valence-electron chi connectivity index (χ0n) is 15.3. The van der Waals surface area contributed by atoms with Crippen LogP contribution in [0.3, 0.4) is 0 Å². The molecule has 0 aliphatic carbocycles. The molecule has 5 atom stereocenters. The molecule has 3 rings (SSSR count). The number of para-hydroxylation sites is 1. The molecule has 0 spiro atoms. The average molecular weight is 402 g/mol. The van der Waals surface area contributed by atoms with Crippen molar-refractivity contribution in [1.29, 1.82) is 0 Å². The first-order valence-corrected chi connectivity index (χ1v) is 8.98. The van der Waals surface area contributed by atoms with Crippen LogP contribution in [0, 0.1) is 0 Å². The summed E-state index contributed by atoms with van der Waals surface area (Å²) in [5.74, 6) is -0.117. The van der Waals surface area contributed by atoms with Gasteiger partial charge in [-0.3, -0.25) is 4.79 Å². The number of ketones is 1. The second-order valence-corrected chi connectivity index (χ2v) is 6.60. The number of aliphatic hydroxyl groups is 4. The topological polar surface area (TPSA) is 137 Å². The van der Waals surface area contributed by atoms with Crippen LogP contribution in [0.1, 0.15) is 15.9 Å². The van der Waals surface area contributed by atoms with Gasteiger partial charge in [-0.05, 0) is 35.9 Å². The molecule has 0 amide bonds. The Morgan fingerprint density at radius 2 is 1.69 bits per heavy atom. The lowest BCUT2D eigenvalue weighted by molar-refractivity contribution is -0.277. The lowest BCUT2D eigenvalue weighted by Gasteiger charge is -2.39. The van der Waals surface area contributed by atoms with Gasteiger partial charge >= 0.3 is 0 Å². The lowest BCUT2D eigenvalue weighted by atomic mass is 9.99. The summed E-state index contributed by atoms with van der Waals surface area (Å²) in [5, 5.41) is 48.5. The van der Waals surface area contributed by atoms with Gasteiger partial charge in [-0.25, -0.2) is 0 Å². The maximum absolute atomic E-state index is 12.1. The smallest absolute Gasteiger partial charge is 0.229 e. The van der Waals surface area contributed by atoms with Gasteiger partial charge in [0, 0.05) is 0 Å². The van der Waals surface area contributed by atoms with Crippen molar-refractivity contribution in [3.63, 3.8) is 0 Å². The molecular formula is C21H22O8. The van der Waals surface area contributed by atoms with Crippen LogP contribution in [-0.2, 0) is 4.74 Å². The number of aromatic hydroxyl groups is 1. The largest absolute Gasteiger partial charge is 0.507 e. The van der Waals surface area contributed by atoms with E-state index in [0.717, 1.165) is 0 Å². The zero-order valence-corrected chi connectivity index (χ0v) is 15.3. The number of carbonyl (C=O) groups excluding carboxylic acids is 1. The Balaban J connectivity index is 1.64. The first-order chi connectivity index (χ1) is 13.9. The molecule has 1 heterocycles. The summed E-state index contributed by atoms with van der Waals surface area (Å²) in [6.07, 6.45) is -3.88. The number of benzene rings is 2. The Labute approximate surface area is 166 Å². The van der Waals surface area contributed by atoms with E-state index in [-0.39, 0.29) is 17.1 Å². The van der Waals surface area contributed by atoms with Gasteiger partial charge in [-0.1, -0.05) is 30.3 Å². The van der Waals surface area contributed by atoms with Crippen molar-refractivity contribution in [2.24, 2.45) is 0 Å². The third-order valence-electron chi connectivity index (χ3n) is 4.58. The van der Waals surface area contributed by atoms with Crippen LogP contribution in [0.2, 0.25) is 0 Å². The first-order valence-electron chi connectivity index (χ1n) is 8.98. The molecule has 1 unspecified atom stereocenters. The second-order valence-electron chi connectivity index (χ2n) is 6.60. The predicted molar refractivity (Wildman–Crippen MR) is 102 cm³/mol. The molecule has 2 aromatic carbocycles. The van der Waals surface area contributed by atoms with Crippen molar-refractivity contribution in [2.75, 3.05) is 6.61 Å². The summed E-state index contributed by atoms with van der Waals surface area (Å²) in [6, 6.07) is 12.7. The van der Waals surface area contributed by atoms with Crippen molar-refractivity contribution in [3.8, 4) is 11.5 Å². The van der Waals surface area contributed by atoms with E-state index in [1.165, 1.54) is 18.2 Å². The van der Waals surface area contributed by atoms with Crippen molar-refractivity contribution in [2.45, 2.75) is 30.7 Å². The van der Waals surface area contributed by atoms with Gasteiger partial charge in [0.25, 0.3) is 0 Å². The van der Waals surface area contributed by atoms with Crippen LogP contribution in [0.25, 0.3) is 6.08 Å². The second kappa shape index (κ2) is 9.17. The molecule has 0 aromatic heterocycles. The third kappa shape index (κ3) is 4.81. The number of hydrogen-bond donors (Lipinski definition) is 5. The molecule has 29 heavy (non-hydrogen) atoms. The fourth-order valence-corrected chi connectivity index (χ4v) is 2.90. The molecule has 2 aromatic rings. The van der Waals surface area contributed by atoms with E-state index in [9.17, 15) is 30.3 Å². The van der Waals surface area contributed by atoms with Crippen molar-refractivity contribution in [1.82, 2.24) is 0 Å². The van der Waals surface area contributed by atoms with Crippen LogP contribution in [0.15, 0.2) is 54.6 Å². The summed E-state index contributed by atoms with van der Waals surface area (Å²) in [5.41, 5.74) is 0.890. The number of hydrogen-bond acceptors (Lipinski definition) is 8. The molecule has 0 saturated carbocycles. The van der Waals surface area contributed by atoms with Gasteiger partial charge in [0.1, 0.15) is 35.9 Å². The third-order valence-corrected chi connectivity index (χ3v) is 4.58. The minimum Gasteiger partial charge on any atom is -0.507 e. The Morgan fingerprint density at radius 3 is 2.34 bits per heavy atom. The molecule has 1 aliphatic rings. The maximum atomic E-state index is 12.1. The van der Waals surface area contributed by atoms with E-state index in [1.807, 2.05) is 0 Å². The number of ether oxygens (including phenoxy) is 2. The highest BCUT2D eigenvalue weighted by Gasteiger charge is 2.44. The number of rotatable bonds is 6. The van der Waals surface area contributed by atoms with Crippen LogP contribution in [0.5, 0.6) is 11.5 Å². The fourth-order valence-electron chi connectivity index (χ4n) is 2.90. The van der Waals surface area contributed by atoms with E-state index >= 15 is 0 Å². The normalized spacial score (nSPS) is 27.1. The summed E-state index contributed by atoms with van der Waals surface area (Å²) < 4.78 is 10.8. The van der Waals surface area contributed by atoms with Crippen molar-refractivity contribution in [3.05, 3.63) is 65.7 Å². The summed E-state index contributed by atoms with van der Waals surface area (Å²) in [4.78, 5) is 12.1. The highest BCUT2D eigenvalue weighted by molar-refractivity contribution is 6.08. The number of phenols is 1. The molecule has 154 valence electrons. The average Bonchev–Trinajstić information content (AvgIpc) is 2.73. The van der Waals surface area contributed by atoms with Crippen molar-refractivity contribution < 1.29 is 39.8 Å². The van der Waals surface area contributed by atoms with Gasteiger partial charge in [0.05, 0.1) is 12.2 Å². The predicted octanol–water partition coefficient (Wildman–Crippen LogP) is 0.467. The van der Waals surface area contributed by atoms with E-state index in [0.29, 0.717) is 11.3 Å². The van der Waals surface area contributed by atoms with Gasteiger partial charge in [-0.15, -0.1) is 0 Å². The van der Waals surface area contributed by atoms with Gasteiger partial charge in [-0.2, -0.15) is 0 Å². The van der Waals surface area contributed by atoms with Gasteiger partial charge in [0.15, 0.2) is 5.78 Å². The fraction of sp³-hybridized carbons (Fsp3) is 0.286. The lowest BCUT2D eigenvalue weighted by Crippen LogP contribution is -2.60. The van der Waals surface area contributed by atoms with Crippen LogP contribution in [0.4, 0.5) is 0 Å². The molecule has 1 fully saturated rings. The minimum atomic E-state index is -1.52. The number of phenolic OH excluding ortho intramolecular Hbond substituents is 1. The zero-order chi connectivity index (χ0) is 21.0. The van der Waals surface area contributed by atoms with E-state index in [4.69, 9.17) is 9.47 Å². The number of aliphatic hydroxyl groups excluding tert-OH is 4. The molecule has 0 radical (unpaired) electrons. The quantitative estimate of drug-likeness (QED) is 0.347. The highest BCUT2D eigenvalue weighted by atomic mass is 16.7. The van der Waals surface area contributed by atoms with Crippen LogP contribution in [-0.4, -0.2) is 68.6 Å². The molecule has 8 heteroatoms. The van der Waals surface area contributed by atoms with E-state index < -0.39 is 37.3 Å². The van der Waals surface area contributed by atoms with E-state index in [1.54, 1.807) is 42.5 Å². The summed E-state index contributed by atoms with van der Waals surface area (Å²) in [7, 11) is 0. The first kappa shape index (κ1) is 21.0. The van der Waals surface area contributed by atoms with Gasteiger partial charge < -0.3 is 35.0 Å². The Kier molecular flexibility index (Phi) is 6.63. The monoisotopic (exact) mass is 402 g/mol. The molecular weight excluding hydrogens is 380 g/mol.